The first-order valence-electron chi connectivity index (χ1n) is 11.0. The van der Waals surface area contributed by atoms with Gasteiger partial charge in [-0.2, -0.15) is 0 Å². The SMILES string of the molecule is COc1cccc(OC)c1C(=O)N1CC[C@H]2[C@H]1CCCCC(=O)N2Cc1ccccc1. The largest absolute Gasteiger partial charge is 0.496 e. The second-order valence-electron chi connectivity index (χ2n) is 8.21. The number of ether oxygens (including phenoxy) is 2. The molecule has 0 bridgehead atoms. The first kappa shape index (κ1) is 21.2. The minimum atomic E-state index is -0.0884. The molecule has 2 aliphatic rings. The smallest absolute Gasteiger partial charge is 0.261 e. The molecule has 0 radical (unpaired) electrons. The maximum Gasteiger partial charge on any atom is 0.261 e. The molecule has 2 heterocycles. The maximum absolute atomic E-state index is 13.7. The Kier molecular flexibility index (Phi) is 6.44. The second kappa shape index (κ2) is 9.41. The molecule has 0 unspecified atom stereocenters. The Morgan fingerprint density at radius 3 is 2.32 bits per heavy atom. The lowest BCUT2D eigenvalue weighted by Gasteiger charge is -2.37. The number of likely N-dealkylation sites (tertiary alicyclic amines) is 2. The average Bonchev–Trinajstić information content (AvgIpc) is 3.21. The predicted molar refractivity (Wildman–Crippen MR) is 118 cm³/mol. The highest BCUT2D eigenvalue weighted by Crippen LogP contribution is 2.36. The summed E-state index contributed by atoms with van der Waals surface area (Å²) in [7, 11) is 3.13. The summed E-state index contributed by atoms with van der Waals surface area (Å²) in [6, 6.07) is 15.5. The Labute approximate surface area is 183 Å². The molecule has 2 aromatic rings. The van der Waals surface area contributed by atoms with Gasteiger partial charge in [-0.15, -0.1) is 0 Å². The van der Waals surface area contributed by atoms with Gasteiger partial charge in [0.2, 0.25) is 5.91 Å². The topological polar surface area (TPSA) is 59.1 Å². The van der Waals surface area contributed by atoms with Crippen LogP contribution >= 0.6 is 0 Å². The van der Waals surface area contributed by atoms with E-state index < -0.39 is 0 Å². The fourth-order valence-corrected chi connectivity index (χ4v) is 4.95. The van der Waals surface area contributed by atoms with Gasteiger partial charge in [-0.3, -0.25) is 9.59 Å². The van der Waals surface area contributed by atoms with E-state index in [-0.39, 0.29) is 23.9 Å². The van der Waals surface area contributed by atoms with Gasteiger partial charge in [0.15, 0.2) is 0 Å². The molecule has 0 spiro atoms. The minimum Gasteiger partial charge on any atom is -0.496 e. The van der Waals surface area contributed by atoms with Gasteiger partial charge >= 0.3 is 0 Å². The number of hydrogen-bond acceptors (Lipinski definition) is 4. The summed E-state index contributed by atoms with van der Waals surface area (Å²) >= 11 is 0. The molecule has 2 aliphatic heterocycles. The van der Waals surface area contributed by atoms with Crippen LogP contribution in [0.1, 0.15) is 48.0 Å². The van der Waals surface area contributed by atoms with Gasteiger partial charge < -0.3 is 19.3 Å². The molecular formula is C25H30N2O4. The third-order valence-corrected chi connectivity index (χ3v) is 6.47. The maximum atomic E-state index is 13.7. The van der Waals surface area contributed by atoms with Crippen LogP contribution in [0.25, 0.3) is 0 Å². The van der Waals surface area contributed by atoms with Gasteiger partial charge in [0, 0.05) is 19.5 Å². The number of amides is 2. The van der Waals surface area contributed by atoms with Crippen LogP contribution in [0.5, 0.6) is 11.5 Å². The summed E-state index contributed by atoms with van der Waals surface area (Å²) in [5, 5.41) is 0. The number of carbonyl (C=O) groups excluding carboxylic acids is 2. The fraction of sp³-hybridized carbons (Fsp3) is 0.440. The predicted octanol–water partition coefficient (Wildman–Crippen LogP) is 3.89. The van der Waals surface area contributed by atoms with E-state index in [0.717, 1.165) is 31.2 Å². The Balaban J connectivity index is 1.64. The Morgan fingerprint density at radius 1 is 0.935 bits per heavy atom. The lowest BCUT2D eigenvalue weighted by Crippen LogP contribution is -2.49. The zero-order valence-corrected chi connectivity index (χ0v) is 18.3. The number of nitrogens with zero attached hydrogens (tertiary/aromatic N) is 2. The molecule has 164 valence electrons. The highest BCUT2D eigenvalue weighted by Gasteiger charge is 2.43. The van der Waals surface area contributed by atoms with Crippen LogP contribution < -0.4 is 9.47 Å². The lowest BCUT2D eigenvalue weighted by atomic mass is 9.95. The molecule has 31 heavy (non-hydrogen) atoms. The van der Waals surface area contributed by atoms with Crippen LogP contribution in [0, 0.1) is 0 Å². The summed E-state index contributed by atoms with van der Waals surface area (Å²) in [6.45, 7) is 1.20. The third-order valence-electron chi connectivity index (χ3n) is 6.47. The van der Waals surface area contributed by atoms with Crippen molar-refractivity contribution >= 4 is 11.8 Å². The number of carbonyl (C=O) groups is 2. The van der Waals surface area contributed by atoms with Gasteiger partial charge in [-0.05, 0) is 37.0 Å². The molecule has 6 nitrogen and oxygen atoms in total. The summed E-state index contributed by atoms with van der Waals surface area (Å²) in [4.78, 5) is 30.7. The zero-order chi connectivity index (χ0) is 21.8. The first-order chi connectivity index (χ1) is 15.1. The van der Waals surface area contributed by atoms with Crippen LogP contribution in [0.15, 0.2) is 48.5 Å². The molecule has 4 rings (SSSR count). The molecule has 2 atom stereocenters. The third kappa shape index (κ3) is 4.24. The summed E-state index contributed by atoms with van der Waals surface area (Å²) in [5.41, 5.74) is 1.57. The van der Waals surface area contributed by atoms with Crippen molar-refractivity contribution in [1.29, 1.82) is 0 Å². The van der Waals surface area contributed by atoms with Crippen molar-refractivity contribution in [2.45, 2.75) is 50.7 Å². The molecule has 0 aliphatic carbocycles. The number of rotatable bonds is 5. The van der Waals surface area contributed by atoms with E-state index in [9.17, 15) is 9.59 Å². The average molecular weight is 423 g/mol. The van der Waals surface area contributed by atoms with Gasteiger partial charge in [0.05, 0.1) is 26.3 Å². The number of methoxy groups -OCH3 is 2. The highest BCUT2D eigenvalue weighted by molar-refractivity contribution is 6.00. The van der Waals surface area contributed by atoms with Crippen molar-refractivity contribution in [2.24, 2.45) is 0 Å². The number of fused-ring (bicyclic) bond motifs is 1. The van der Waals surface area contributed by atoms with Gasteiger partial charge in [-0.1, -0.05) is 42.8 Å². The van der Waals surface area contributed by atoms with Crippen LogP contribution in [-0.2, 0) is 11.3 Å². The standard InChI is InChI=1S/C25H30N2O4/c1-30-21-12-8-13-22(31-2)24(21)25(29)26-16-15-20-19(26)11-6-7-14-23(28)27(20)17-18-9-4-3-5-10-18/h3-5,8-10,12-13,19-20H,6-7,11,14-17H2,1-2H3/t19-,20+/m1/s1. The number of hydrogen-bond donors (Lipinski definition) is 0. The summed E-state index contributed by atoms with van der Waals surface area (Å²) in [6.07, 6.45) is 4.05. The second-order valence-corrected chi connectivity index (χ2v) is 8.21. The Morgan fingerprint density at radius 2 is 1.65 bits per heavy atom. The van der Waals surface area contributed by atoms with E-state index in [2.05, 4.69) is 12.1 Å². The number of benzene rings is 2. The molecule has 2 amide bonds. The van der Waals surface area contributed by atoms with Crippen molar-refractivity contribution < 1.29 is 19.1 Å². The quantitative estimate of drug-likeness (QED) is 0.734. The van der Waals surface area contributed by atoms with Crippen LogP contribution in [0.2, 0.25) is 0 Å². The molecule has 2 saturated heterocycles. The highest BCUT2D eigenvalue weighted by atomic mass is 16.5. The van der Waals surface area contributed by atoms with Crippen molar-refractivity contribution in [3.8, 4) is 11.5 Å². The normalized spacial score (nSPS) is 21.3. The van der Waals surface area contributed by atoms with Gasteiger partial charge in [-0.25, -0.2) is 0 Å². The van der Waals surface area contributed by atoms with Crippen molar-refractivity contribution in [3.05, 3.63) is 59.7 Å². The minimum absolute atomic E-state index is 0.00455. The zero-order valence-electron chi connectivity index (χ0n) is 18.3. The summed E-state index contributed by atoms with van der Waals surface area (Å²) in [5.74, 6) is 1.11. The van der Waals surface area contributed by atoms with E-state index in [4.69, 9.17) is 9.47 Å². The first-order valence-corrected chi connectivity index (χ1v) is 11.0. The van der Waals surface area contributed by atoms with Crippen molar-refractivity contribution in [1.82, 2.24) is 9.80 Å². The van der Waals surface area contributed by atoms with E-state index in [0.29, 0.717) is 36.6 Å². The molecule has 2 fully saturated rings. The van der Waals surface area contributed by atoms with Crippen molar-refractivity contribution in [2.75, 3.05) is 20.8 Å². The Hall–Kier alpha value is -3.02. The monoisotopic (exact) mass is 422 g/mol. The molecule has 2 aromatic carbocycles. The van der Waals surface area contributed by atoms with Crippen LogP contribution in [0.4, 0.5) is 0 Å². The molecule has 6 heteroatoms. The molecule has 0 aromatic heterocycles. The summed E-state index contributed by atoms with van der Waals surface area (Å²) < 4.78 is 10.9. The van der Waals surface area contributed by atoms with E-state index >= 15 is 0 Å². The fourth-order valence-electron chi connectivity index (χ4n) is 4.95. The van der Waals surface area contributed by atoms with Crippen molar-refractivity contribution in [3.63, 3.8) is 0 Å². The Bertz CT molecular complexity index is 908. The molecular weight excluding hydrogens is 392 g/mol. The van der Waals surface area contributed by atoms with E-state index in [1.165, 1.54) is 0 Å². The van der Waals surface area contributed by atoms with Crippen LogP contribution in [-0.4, -0.2) is 54.5 Å². The lowest BCUT2D eigenvalue weighted by molar-refractivity contribution is -0.135. The molecule has 0 saturated carbocycles. The molecule has 0 N–H and O–H groups in total. The van der Waals surface area contributed by atoms with E-state index in [1.807, 2.05) is 34.1 Å². The van der Waals surface area contributed by atoms with Crippen LogP contribution in [0.3, 0.4) is 0 Å². The van der Waals surface area contributed by atoms with Gasteiger partial charge in [0.1, 0.15) is 17.1 Å². The van der Waals surface area contributed by atoms with E-state index in [1.54, 1.807) is 26.4 Å². The van der Waals surface area contributed by atoms with Gasteiger partial charge in [0.25, 0.3) is 5.91 Å².